The van der Waals surface area contributed by atoms with E-state index in [2.05, 4.69) is 0 Å². The summed E-state index contributed by atoms with van der Waals surface area (Å²) < 4.78 is 0. The third-order valence-electron chi connectivity index (χ3n) is 3.31. The molecule has 0 bridgehead atoms. The molecule has 0 aromatic heterocycles. The third-order valence-corrected chi connectivity index (χ3v) is 3.31. The number of hydrogen-bond donors (Lipinski definition) is 2. The summed E-state index contributed by atoms with van der Waals surface area (Å²) in [6.07, 6.45) is 3.86. The Kier molecular flexibility index (Phi) is 3.03. The minimum atomic E-state index is -0.382. The summed E-state index contributed by atoms with van der Waals surface area (Å²) in [5.41, 5.74) is -0.328. The number of hydrogen-bond acceptors (Lipinski definition) is 2. The smallest absolute Gasteiger partial charge is 0.0666 e. The normalized spacial score (nSPS) is 24.7. The van der Waals surface area contributed by atoms with Crippen molar-refractivity contribution in [2.24, 2.45) is 10.8 Å². The Morgan fingerprint density at radius 3 is 2.00 bits per heavy atom. The fraction of sp³-hybridized carbons (Fsp3) is 1.00. The van der Waals surface area contributed by atoms with Gasteiger partial charge >= 0.3 is 0 Å². The van der Waals surface area contributed by atoms with Gasteiger partial charge in [-0.1, -0.05) is 33.6 Å². The van der Waals surface area contributed by atoms with Crippen LogP contribution in [0.4, 0.5) is 0 Å². The minimum absolute atomic E-state index is 0.118. The van der Waals surface area contributed by atoms with Crippen LogP contribution in [0.25, 0.3) is 0 Å². The zero-order chi connectivity index (χ0) is 10.1. The van der Waals surface area contributed by atoms with Gasteiger partial charge in [0.2, 0.25) is 0 Å². The van der Waals surface area contributed by atoms with Gasteiger partial charge in [-0.05, 0) is 18.3 Å². The second-order valence-corrected chi connectivity index (χ2v) is 5.50. The second kappa shape index (κ2) is 3.58. The van der Waals surface area contributed by atoms with Crippen LogP contribution in [-0.4, -0.2) is 22.9 Å². The highest BCUT2D eigenvalue weighted by atomic mass is 16.3. The maximum atomic E-state index is 10.2. The summed E-state index contributed by atoms with van der Waals surface area (Å²) >= 11 is 0. The van der Waals surface area contributed by atoms with Crippen molar-refractivity contribution >= 4 is 0 Å². The lowest BCUT2D eigenvalue weighted by molar-refractivity contribution is -0.0736. The van der Waals surface area contributed by atoms with Crippen molar-refractivity contribution in [3.05, 3.63) is 0 Å². The van der Waals surface area contributed by atoms with E-state index >= 15 is 0 Å². The molecule has 1 aliphatic carbocycles. The van der Waals surface area contributed by atoms with Gasteiger partial charge in [0.05, 0.1) is 12.7 Å². The third kappa shape index (κ3) is 2.05. The van der Waals surface area contributed by atoms with E-state index in [1.165, 1.54) is 0 Å². The van der Waals surface area contributed by atoms with E-state index in [1.54, 1.807) is 0 Å². The number of rotatable bonds is 2. The summed E-state index contributed by atoms with van der Waals surface area (Å²) in [4.78, 5) is 0. The van der Waals surface area contributed by atoms with E-state index < -0.39 is 0 Å². The van der Waals surface area contributed by atoms with E-state index in [4.69, 9.17) is 0 Å². The predicted molar refractivity (Wildman–Crippen MR) is 53.4 cm³/mol. The van der Waals surface area contributed by atoms with Crippen LogP contribution in [0.2, 0.25) is 0 Å². The highest BCUT2D eigenvalue weighted by molar-refractivity contribution is 4.95. The molecular weight excluding hydrogens is 164 g/mol. The van der Waals surface area contributed by atoms with Crippen molar-refractivity contribution in [1.82, 2.24) is 0 Å². The minimum Gasteiger partial charge on any atom is -0.396 e. The second-order valence-electron chi connectivity index (χ2n) is 5.50. The van der Waals surface area contributed by atoms with Gasteiger partial charge < -0.3 is 10.2 Å². The monoisotopic (exact) mass is 186 g/mol. The molecule has 1 rings (SSSR count). The summed E-state index contributed by atoms with van der Waals surface area (Å²) in [6, 6.07) is 0. The van der Waals surface area contributed by atoms with Crippen LogP contribution in [0.1, 0.15) is 46.5 Å². The van der Waals surface area contributed by atoms with Gasteiger partial charge in [0.1, 0.15) is 0 Å². The van der Waals surface area contributed by atoms with E-state index in [-0.39, 0.29) is 23.5 Å². The van der Waals surface area contributed by atoms with Gasteiger partial charge in [-0.15, -0.1) is 0 Å². The molecule has 0 aromatic carbocycles. The molecule has 1 unspecified atom stereocenters. The van der Waals surface area contributed by atoms with Crippen LogP contribution in [-0.2, 0) is 0 Å². The molecule has 2 N–H and O–H groups in total. The Morgan fingerprint density at radius 1 is 1.23 bits per heavy atom. The van der Waals surface area contributed by atoms with Crippen molar-refractivity contribution < 1.29 is 10.2 Å². The standard InChI is InChI=1S/C11H22O2/c1-10(2,3)9(13)11(8-12)6-4-5-7-11/h9,12-13H,4-8H2,1-3H3. The van der Waals surface area contributed by atoms with E-state index in [1.807, 2.05) is 20.8 Å². The lowest BCUT2D eigenvalue weighted by Gasteiger charge is -2.40. The number of aliphatic hydroxyl groups excluding tert-OH is 2. The fourth-order valence-electron chi connectivity index (χ4n) is 2.52. The molecule has 0 heterocycles. The first-order chi connectivity index (χ1) is 5.92. The van der Waals surface area contributed by atoms with Gasteiger partial charge in [-0.3, -0.25) is 0 Å². The molecule has 0 aromatic rings. The van der Waals surface area contributed by atoms with Crippen LogP contribution >= 0.6 is 0 Å². The highest BCUT2D eigenvalue weighted by Crippen LogP contribution is 2.45. The summed E-state index contributed by atoms with van der Waals surface area (Å²) in [5.74, 6) is 0. The Morgan fingerprint density at radius 2 is 1.69 bits per heavy atom. The van der Waals surface area contributed by atoms with E-state index in [9.17, 15) is 10.2 Å². The van der Waals surface area contributed by atoms with Crippen LogP contribution in [0.5, 0.6) is 0 Å². The maximum absolute atomic E-state index is 10.2. The van der Waals surface area contributed by atoms with Crippen molar-refractivity contribution in [2.75, 3.05) is 6.61 Å². The molecule has 0 saturated heterocycles. The zero-order valence-corrected chi connectivity index (χ0v) is 9.01. The summed E-state index contributed by atoms with van der Waals surface area (Å²) in [7, 11) is 0. The van der Waals surface area contributed by atoms with Crippen LogP contribution in [0.15, 0.2) is 0 Å². The van der Waals surface area contributed by atoms with Crippen molar-refractivity contribution in [1.29, 1.82) is 0 Å². The average Bonchev–Trinajstić information content (AvgIpc) is 2.50. The Balaban J connectivity index is 2.76. The van der Waals surface area contributed by atoms with Crippen LogP contribution in [0.3, 0.4) is 0 Å². The molecule has 0 aliphatic heterocycles. The maximum Gasteiger partial charge on any atom is 0.0666 e. The lowest BCUT2D eigenvalue weighted by atomic mass is 9.70. The molecule has 1 aliphatic rings. The van der Waals surface area contributed by atoms with E-state index in [0.717, 1.165) is 25.7 Å². The Hall–Kier alpha value is -0.0800. The zero-order valence-electron chi connectivity index (χ0n) is 9.01. The van der Waals surface area contributed by atoms with Crippen LogP contribution < -0.4 is 0 Å². The van der Waals surface area contributed by atoms with Gasteiger partial charge in [0, 0.05) is 5.41 Å². The molecule has 1 fully saturated rings. The first-order valence-corrected chi connectivity index (χ1v) is 5.21. The molecule has 2 nitrogen and oxygen atoms in total. The number of aliphatic hydroxyl groups is 2. The predicted octanol–water partition coefficient (Wildman–Crippen LogP) is 1.95. The first kappa shape index (κ1) is 11.0. The Bertz CT molecular complexity index is 163. The quantitative estimate of drug-likeness (QED) is 0.692. The Labute approximate surface area is 81.0 Å². The van der Waals surface area contributed by atoms with E-state index in [0.29, 0.717) is 0 Å². The fourth-order valence-corrected chi connectivity index (χ4v) is 2.52. The molecule has 0 spiro atoms. The van der Waals surface area contributed by atoms with Gasteiger partial charge in [-0.2, -0.15) is 0 Å². The largest absolute Gasteiger partial charge is 0.396 e. The summed E-state index contributed by atoms with van der Waals surface area (Å²) in [6.45, 7) is 6.24. The van der Waals surface area contributed by atoms with Crippen molar-refractivity contribution in [3.63, 3.8) is 0 Å². The molecule has 0 amide bonds. The molecule has 1 saturated carbocycles. The summed E-state index contributed by atoms with van der Waals surface area (Å²) in [5, 5.41) is 19.6. The molecule has 78 valence electrons. The van der Waals surface area contributed by atoms with Crippen molar-refractivity contribution in [3.8, 4) is 0 Å². The molecule has 13 heavy (non-hydrogen) atoms. The van der Waals surface area contributed by atoms with Gasteiger partial charge in [-0.25, -0.2) is 0 Å². The van der Waals surface area contributed by atoms with Crippen molar-refractivity contribution in [2.45, 2.75) is 52.6 Å². The SMILES string of the molecule is CC(C)(C)C(O)C1(CO)CCCC1. The first-order valence-electron chi connectivity index (χ1n) is 5.21. The highest BCUT2D eigenvalue weighted by Gasteiger charge is 2.45. The molecule has 2 heteroatoms. The van der Waals surface area contributed by atoms with Crippen LogP contribution in [0, 0.1) is 10.8 Å². The molecule has 0 radical (unpaired) electrons. The molecular formula is C11H22O2. The van der Waals surface area contributed by atoms with Gasteiger partial charge in [0.15, 0.2) is 0 Å². The molecule has 1 atom stereocenters. The topological polar surface area (TPSA) is 40.5 Å². The van der Waals surface area contributed by atoms with Gasteiger partial charge in [0.25, 0.3) is 0 Å². The average molecular weight is 186 g/mol. The lowest BCUT2D eigenvalue weighted by Crippen LogP contribution is -2.44.